The molecule has 3 heteroatoms. The number of hydrogen-bond acceptors (Lipinski definition) is 2. The third-order valence-electron chi connectivity index (χ3n) is 3.62. The fourth-order valence-electron chi connectivity index (χ4n) is 2.65. The average Bonchev–Trinajstić information content (AvgIpc) is 2.71. The molecule has 0 radical (unpaired) electrons. The molecule has 2 heterocycles. The van der Waals surface area contributed by atoms with E-state index < -0.39 is 0 Å². The lowest BCUT2D eigenvalue weighted by Crippen LogP contribution is -2.43. The van der Waals surface area contributed by atoms with Crippen molar-refractivity contribution < 1.29 is 0 Å². The van der Waals surface area contributed by atoms with Crippen LogP contribution in [0.1, 0.15) is 17.2 Å². The molecule has 17 heavy (non-hydrogen) atoms. The van der Waals surface area contributed by atoms with Gasteiger partial charge in [0, 0.05) is 42.8 Å². The number of rotatable bonds is 1. The quantitative estimate of drug-likeness (QED) is 0.784. The molecule has 90 valence electrons. The van der Waals surface area contributed by atoms with E-state index >= 15 is 0 Å². The maximum atomic E-state index is 3.60. The number of benzene rings is 1. The molecule has 1 atom stereocenters. The summed E-state index contributed by atoms with van der Waals surface area (Å²) in [6.07, 6.45) is 2.15. The van der Waals surface area contributed by atoms with Crippen molar-refractivity contribution in [3.63, 3.8) is 0 Å². The molecule has 3 nitrogen and oxygen atoms in total. The summed E-state index contributed by atoms with van der Waals surface area (Å²) < 4.78 is 0. The Bertz CT molecular complexity index is 529. The van der Waals surface area contributed by atoms with Gasteiger partial charge in [0.25, 0.3) is 0 Å². The Morgan fingerprint density at radius 3 is 3.06 bits per heavy atom. The lowest BCUT2D eigenvalue weighted by molar-refractivity contribution is 0.241. The van der Waals surface area contributed by atoms with Gasteiger partial charge < -0.3 is 15.2 Å². The second kappa shape index (κ2) is 4.17. The Balaban J connectivity index is 2.01. The van der Waals surface area contributed by atoms with Crippen LogP contribution in [-0.2, 0) is 0 Å². The predicted octanol–water partition coefficient (Wildman–Crippen LogP) is 2.05. The van der Waals surface area contributed by atoms with Crippen molar-refractivity contribution in [3.8, 4) is 0 Å². The van der Waals surface area contributed by atoms with E-state index in [0.29, 0.717) is 6.04 Å². The molecule has 2 N–H and O–H groups in total. The van der Waals surface area contributed by atoms with E-state index in [1.54, 1.807) is 0 Å². The van der Waals surface area contributed by atoms with Crippen LogP contribution >= 0.6 is 0 Å². The zero-order valence-corrected chi connectivity index (χ0v) is 10.5. The van der Waals surface area contributed by atoms with Gasteiger partial charge in [0.05, 0.1) is 0 Å². The minimum absolute atomic E-state index is 0.448. The number of aromatic nitrogens is 1. The van der Waals surface area contributed by atoms with Crippen molar-refractivity contribution in [1.29, 1.82) is 0 Å². The molecule has 1 aliphatic heterocycles. The molecular formula is C14H19N3. The molecule has 1 aliphatic rings. The Morgan fingerprint density at radius 1 is 1.35 bits per heavy atom. The third-order valence-corrected chi connectivity index (χ3v) is 3.62. The summed E-state index contributed by atoms with van der Waals surface area (Å²) in [7, 11) is 2.19. The minimum Gasteiger partial charge on any atom is -0.361 e. The molecule has 0 amide bonds. The Kier molecular flexibility index (Phi) is 2.65. The van der Waals surface area contributed by atoms with Crippen LogP contribution in [0.3, 0.4) is 0 Å². The van der Waals surface area contributed by atoms with Crippen molar-refractivity contribution in [1.82, 2.24) is 15.2 Å². The van der Waals surface area contributed by atoms with Gasteiger partial charge in [0.2, 0.25) is 0 Å². The summed E-state index contributed by atoms with van der Waals surface area (Å²) in [5.74, 6) is 0. The van der Waals surface area contributed by atoms with E-state index in [2.05, 4.69) is 53.6 Å². The lowest BCUT2D eigenvalue weighted by atomic mass is 10.0. The van der Waals surface area contributed by atoms with Crippen LogP contribution in [0, 0.1) is 6.92 Å². The average molecular weight is 229 g/mol. The van der Waals surface area contributed by atoms with Crippen molar-refractivity contribution >= 4 is 10.9 Å². The number of likely N-dealkylation sites (N-methyl/N-ethyl adjacent to an activating group) is 1. The fraction of sp³-hybridized carbons (Fsp3) is 0.429. The highest BCUT2D eigenvalue weighted by Crippen LogP contribution is 2.26. The van der Waals surface area contributed by atoms with E-state index in [4.69, 9.17) is 0 Å². The second-order valence-electron chi connectivity index (χ2n) is 5.06. The molecule has 0 spiro atoms. The number of hydrogen-bond donors (Lipinski definition) is 2. The van der Waals surface area contributed by atoms with Gasteiger partial charge in [0.1, 0.15) is 0 Å². The smallest absolute Gasteiger partial charge is 0.0470 e. The summed E-state index contributed by atoms with van der Waals surface area (Å²) in [6.45, 7) is 5.44. The Labute approximate surface area is 102 Å². The molecule has 1 aromatic carbocycles. The zero-order chi connectivity index (χ0) is 11.8. The highest BCUT2D eigenvalue weighted by atomic mass is 15.2. The largest absolute Gasteiger partial charge is 0.361 e. The number of aryl methyl sites for hydroxylation is 1. The molecule has 0 bridgehead atoms. The molecule has 1 aromatic heterocycles. The van der Waals surface area contributed by atoms with Crippen molar-refractivity contribution in [2.24, 2.45) is 0 Å². The second-order valence-corrected chi connectivity index (χ2v) is 5.06. The Morgan fingerprint density at radius 2 is 2.24 bits per heavy atom. The molecule has 3 rings (SSSR count). The highest BCUT2D eigenvalue weighted by Gasteiger charge is 2.20. The fourth-order valence-corrected chi connectivity index (χ4v) is 2.65. The van der Waals surface area contributed by atoms with Gasteiger partial charge in [-0.05, 0) is 31.7 Å². The zero-order valence-electron chi connectivity index (χ0n) is 10.5. The third kappa shape index (κ3) is 1.96. The number of piperazine rings is 1. The first-order valence-corrected chi connectivity index (χ1v) is 6.23. The number of nitrogens with one attached hydrogen (secondary N) is 2. The van der Waals surface area contributed by atoms with Crippen LogP contribution in [0.5, 0.6) is 0 Å². The number of aromatic amines is 1. The molecule has 1 saturated heterocycles. The normalized spacial score (nSPS) is 22.1. The first-order chi connectivity index (χ1) is 8.24. The van der Waals surface area contributed by atoms with E-state index in [9.17, 15) is 0 Å². The molecule has 1 fully saturated rings. The monoisotopic (exact) mass is 229 g/mol. The Hall–Kier alpha value is -1.32. The molecule has 1 unspecified atom stereocenters. The number of nitrogens with zero attached hydrogens (tertiary/aromatic N) is 1. The van der Waals surface area contributed by atoms with Gasteiger partial charge in [-0.1, -0.05) is 11.6 Å². The molecule has 0 saturated carbocycles. The van der Waals surface area contributed by atoms with Crippen LogP contribution in [0.4, 0.5) is 0 Å². The van der Waals surface area contributed by atoms with E-state index in [0.717, 1.165) is 19.6 Å². The van der Waals surface area contributed by atoms with Crippen molar-refractivity contribution in [3.05, 3.63) is 35.5 Å². The van der Waals surface area contributed by atoms with Crippen LogP contribution in [-0.4, -0.2) is 36.6 Å². The van der Waals surface area contributed by atoms with Gasteiger partial charge in [-0.15, -0.1) is 0 Å². The van der Waals surface area contributed by atoms with Crippen LogP contribution in [0.15, 0.2) is 24.4 Å². The number of H-pyrrole nitrogens is 1. The highest BCUT2D eigenvalue weighted by molar-refractivity contribution is 5.84. The lowest BCUT2D eigenvalue weighted by Gasteiger charge is -2.30. The van der Waals surface area contributed by atoms with E-state index in [1.807, 2.05) is 0 Å². The van der Waals surface area contributed by atoms with Gasteiger partial charge in [-0.3, -0.25) is 0 Å². The summed E-state index contributed by atoms with van der Waals surface area (Å²) in [5, 5.41) is 4.96. The van der Waals surface area contributed by atoms with E-state index in [1.165, 1.54) is 22.0 Å². The topological polar surface area (TPSA) is 31.1 Å². The summed E-state index contributed by atoms with van der Waals surface area (Å²) >= 11 is 0. The van der Waals surface area contributed by atoms with Gasteiger partial charge in [0.15, 0.2) is 0 Å². The summed E-state index contributed by atoms with van der Waals surface area (Å²) in [4.78, 5) is 5.75. The maximum absolute atomic E-state index is 3.60. The standard InChI is InChI=1S/C14H19N3/c1-10-3-4-13-11(7-10)12(8-16-13)14-9-17(2)6-5-15-14/h3-4,7-8,14-16H,5-6,9H2,1-2H3. The predicted molar refractivity (Wildman–Crippen MR) is 71.3 cm³/mol. The summed E-state index contributed by atoms with van der Waals surface area (Å²) in [5.41, 5.74) is 3.96. The van der Waals surface area contributed by atoms with Crippen LogP contribution in [0.2, 0.25) is 0 Å². The minimum atomic E-state index is 0.448. The molecule has 0 aliphatic carbocycles. The van der Waals surface area contributed by atoms with Gasteiger partial charge >= 0.3 is 0 Å². The van der Waals surface area contributed by atoms with Crippen LogP contribution in [0.25, 0.3) is 10.9 Å². The van der Waals surface area contributed by atoms with Gasteiger partial charge in [-0.25, -0.2) is 0 Å². The first-order valence-electron chi connectivity index (χ1n) is 6.23. The van der Waals surface area contributed by atoms with Crippen LogP contribution < -0.4 is 5.32 Å². The number of fused-ring (bicyclic) bond motifs is 1. The SMILES string of the molecule is Cc1ccc2[nH]cc(C3CN(C)CCN3)c2c1. The van der Waals surface area contributed by atoms with Gasteiger partial charge in [-0.2, -0.15) is 0 Å². The maximum Gasteiger partial charge on any atom is 0.0470 e. The molecule has 2 aromatic rings. The summed E-state index contributed by atoms with van der Waals surface area (Å²) in [6, 6.07) is 7.05. The van der Waals surface area contributed by atoms with E-state index in [-0.39, 0.29) is 0 Å². The first kappa shape index (κ1) is 10.8. The van der Waals surface area contributed by atoms with Crippen molar-refractivity contribution in [2.75, 3.05) is 26.7 Å². The molecular weight excluding hydrogens is 210 g/mol. The van der Waals surface area contributed by atoms with Crippen molar-refractivity contribution in [2.45, 2.75) is 13.0 Å².